The van der Waals surface area contributed by atoms with Crippen LogP contribution in [0.4, 0.5) is 0 Å². The van der Waals surface area contributed by atoms with Gasteiger partial charge in [0.05, 0.1) is 6.20 Å². The summed E-state index contributed by atoms with van der Waals surface area (Å²) >= 11 is 0. The Morgan fingerprint density at radius 2 is 2.41 bits per heavy atom. The molecular formula is C10H16N4O3. The van der Waals surface area contributed by atoms with Crippen molar-refractivity contribution in [1.82, 2.24) is 20.3 Å². The van der Waals surface area contributed by atoms with E-state index in [0.29, 0.717) is 24.7 Å². The SMILES string of the molecule is O=C(O)C(NC1CC1)c1cn(CCCO)nn1. The molecule has 0 bridgehead atoms. The highest BCUT2D eigenvalue weighted by atomic mass is 16.4. The van der Waals surface area contributed by atoms with E-state index < -0.39 is 12.0 Å². The Labute approximate surface area is 98.4 Å². The van der Waals surface area contributed by atoms with Gasteiger partial charge < -0.3 is 10.2 Å². The molecule has 1 heterocycles. The summed E-state index contributed by atoms with van der Waals surface area (Å²) in [5, 5.41) is 28.5. The predicted molar refractivity (Wildman–Crippen MR) is 58.3 cm³/mol. The highest BCUT2D eigenvalue weighted by Crippen LogP contribution is 2.23. The second-order valence-corrected chi connectivity index (χ2v) is 4.20. The summed E-state index contributed by atoms with van der Waals surface area (Å²) in [5.41, 5.74) is 0.419. The molecule has 1 aromatic rings. The quantitative estimate of drug-likeness (QED) is 0.596. The smallest absolute Gasteiger partial charge is 0.327 e. The molecule has 1 unspecified atom stereocenters. The Bertz CT molecular complexity index is 389. The van der Waals surface area contributed by atoms with Crippen LogP contribution in [-0.2, 0) is 11.3 Å². The molecule has 94 valence electrons. The van der Waals surface area contributed by atoms with Gasteiger partial charge >= 0.3 is 5.97 Å². The average molecular weight is 240 g/mol. The van der Waals surface area contributed by atoms with Gasteiger partial charge in [-0.1, -0.05) is 5.21 Å². The summed E-state index contributed by atoms with van der Waals surface area (Å²) in [6, 6.07) is -0.496. The highest BCUT2D eigenvalue weighted by Gasteiger charge is 2.31. The lowest BCUT2D eigenvalue weighted by Gasteiger charge is -2.09. The molecule has 0 amide bonds. The largest absolute Gasteiger partial charge is 0.480 e. The maximum absolute atomic E-state index is 11.1. The molecule has 1 atom stereocenters. The van der Waals surface area contributed by atoms with Crippen LogP contribution in [0.5, 0.6) is 0 Å². The number of carboxylic acids is 1. The van der Waals surface area contributed by atoms with Crippen molar-refractivity contribution in [3.8, 4) is 0 Å². The lowest BCUT2D eigenvalue weighted by Crippen LogP contribution is -2.30. The molecule has 1 aliphatic rings. The van der Waals surface area contributed by atoms with Gasteiger partial charge in [0.15, 0.2) is 6.04 Å². The summed E-state index contributed by atoms with van der Waals surface area (Å²) in [7, 11) is 0. The van der Waals surface area contributed by atoms with E-state index in [-0.39, 0.29) is 6.61 Å². The minimum atomic E-state index is -0.939. The molecule has 1 saturated carbocycles. The molecule has 0 aliphatic heterocycles. The van der Waals surface area contributed by atoms with Gasteiger partial charge in [0.2, 0.25) is 0 Å². The lowest BCUT2D eigenvalue weighted by atomic mass is 10.2. The first kappa shape index (κ1) is 12.0. The molecule has 7 heteroatoms. The summed E-state index contributed by atoms with van der Waals surface area (Å²) < 4.78 is 1.55. The van der Waals surface area contributed by atoms with Gasteiger partial charge in [-0.2, -0.15) is 0 Å². The number of hydrogen-bond acceptors (Lipinski definition) is 5. The normalized spacial score (nSPS) is 17.0. The van der Waals surface area contributed by atoms with Crippen molar-refractivity contribution in [2.45, 2.75) is 37.9 Å². The van der Waals surface area contributed by atoms with Crippen molar-refractivity contribution in [1.29, 1.82) is 0 Å². The van der Waals surface area contributed by atoms with Crippen molar-refractivity contribution in [2.75, 3.05) is 6.61 Å². The summed E-state index contributed by atoms with van der Waals surface area (Å²) in [4.78, 5) is 11.1. The van der Waals surface area contributed by atoms with Gasteiger partial charge in [-0.3, -0.25) is 14.8 Å². The zero-order valence-corrected chi connectivity index (χ0v) is 9.41. The molecule has 2 rings (SSSR count). The Hall–Kier alpha value is -1.47. The number of aliphatic hydroxyl groups is 1. The number of aliphatic hydroxyl groups excluding tert-OH is 1. The highest BCUT2D eigenvalue weighted by molar-refractivity contribution is 5.74. The fourth-order valence-electron chi connectivity index (χ4n) is 1.56. The van der Waals surface area contributed by atoms with Crippen LogP contribution in [0.25, 0.3) is 0 Å². The Morgan fingerprint density at radius 3 is 3.00 bits per heavy atom. The number of aryl methyl sites for hydroxylation is 1. The zero-order chi connectivity index (χ0) is 12.3. The Morgan fingerprint density at radius 1 is 1.65 bits per heavy atom. The molecule has 1 aromatic heterocycles. The molecule has 0 saturated heterocycles. The van der Waals surface area contributed by atoms with Crippen molar-refractivity contribution in [3.05, 3.63) is 11.9 Å². The molecule has 0 radical (unpaired) electrons. The van der Waals surface area contributed by atoms with E-state index in [0.717, 1.165) is 12.8 Å². The second-order valence-electron chi connectivity index (χ2n) is 4.20. The molecule has 3 N–H and O–H groups in total. The number of aromatic nitrogens is 3. The van der Waals surface area contributed by atoms with Crippen LogP contribution >= 0.6 is 0 Å². The third-order valence-corrected chi connectivity index (χ3v) is 2.62. The van der Waals surface area contributed by atoms with Gasteiger partial charge in [0.25, 0.3) is 0 Å². The van der Waals surface area contributed by atoms with Crippen LogP contribution in [0, 0.1) is 0 Å². The van der Waals surface area contributed by atoms with Crippen molar-refractivity contribution >= 4 is 5.97 Å². The Kier molecular flexibility index (Phi) is 3.70. The van der Waals surface area contributed by atoms with Gasteiger partial charge in [-0.25, -0.2) is 0 Å². The minimum Gasteiger partial charge on any atom is -0.480 e. The van der Waals surface area contributed by atoms with E-state index in [1.165, 1.54) is 0 Å². The van der Waals surface area contributed by atoms with Crippen LogP contribution in [0.3, 0.4) is 0 Å². The van der Waals surface area contributed by atoms with Gasteiger partial charge in [0, 0.05) is 19.2 Å². The third-order valence-electron chi connectivity index (χ3n) is 2.62. The summed E-state index contributed by atoms with van der Waals surface area (Å²) in [5.74, 6) is -0.939. The fraction of sp³-hybridized carbons (Fsp3) is 0.700. The van der Waals surface area contributed by atoms with Gasteiger partial charge in [0.1, 0.15) is 5.69 Å². The van der Waals surface area contributed by atoms with Gasteiger partial charge in [-0.05, 0) is 19.3 Å². The molecular weight excluding hydrogens is 224 g/mol. The summed E-state index contributed by atoms with van der Waals surface area (Å²) in [6.07, 6.45) is 4.23. The number of rotatable bonds is 7. The minimum absolute atomic E-state index is 0.0812. The molecule has 0 spiro atoms. The first-order chi connectivity index (χ1) is 8.20. The summed E-state index contributed by atoms with van der Waals surface area (Å²) in [6.45, 7) is 0.622. The average Bonchev–Trinajstić information content (AvgIpc) is 3.01. The molecule has 1 fully saturated rings. The number of nitrogens with one attached hydrogen (secondary N) is 1. The van der Waals surface area contributed by atoms with Crippen LogP contribution in [0.2, 0.25) is 0 Å². The van der Waals surface area contributed by atoms with E-state index in [9.17, 15) is 4.79 Å². The molecule has 17 heavy (non-hydrogen) atoms. The number of carboxylic acid groups (broad SMARTS) is 1. The van der Waals surface area contributed by atoms with E-state index >= 15 is 0 Å². The van der Waals surface area contributed by atoms with Crippen LogP contribution in [0.1, 0.15) is 31.0 Å². The van der Waals surface area contributed by atoms with Crippen LogP contribution in [-0.4, -0.2) is 43.8 Å². The monoisotopic (exact) mass is 240 g/mol. The van der Waals surface area contributed by atoms with Gasteiger partial charge in [-0.15, -0.1) is 5.10 Å². The third kappa shape index (κ3) is 3.24. The van der Waals surface area contributed by atoms with E-state index in [1.807, 2.05) is 0 Å². The maximum Gasteiger partial charge on any atom is 0.327 e. The van der Waals surface area contributed by atoms with Crippen molar-refractivity contribution in [3.63, 3.8) is 0 Å². The van der Waals surface area contributed by atoms with Crippen molar-refractivity contribution < 1.29 is 15.0 Å². The number of carbonyl (C=O) groups is 1. The molecule has 0 aromatic carbocycles. The van der Waals surface area contributed by atoms with E-state index in [1.54, 1.807) is 10.9 Å². The maximum atomic E-state index is 11.1. The first-order valence-electron chi connectivity index (χ1n) is 5.70. The van der Waals surface area contributed by atoms with Crippen LogP contribution < -0.4 is 5.32 Å². The predicted octanol–water partition coefficient (Wildman–Crippen LogP) is -0.462. The fourth-order valence-corrected chi connectivity index (χ4v) is 1.56. The number of hydrogen-bond donors (Lipinski definition) is 3. The molecule has 1 aliphatic carbocycles. The van der Waals surface area contributed by atoms with E-state index in [4.69, 9.17) is 10.2 Å². The van der Waals surface area contributed by atoms with Crippen molar-refractivity contribution in [2.24, 2.45) is 0 Å². The first-order valence-corrected chi connectivity index (χ1v) is 5.70. The number of aliphatic carboxylic acids is 1. The second kappa shape index (κ2) is 5.24. The number of nitrogens with zero attached hydrogens (tertiary/aromatic N) is 3. The molecule has 7 nitrogen and oxygen atoms in total. The standard InChI is InChI=1S/C10H16N4O3/c15-5-1-4-14-6-8(12-13-14)9(10(16)17)11-7-2-3-7/h6-7,9,11,15H,1-5H2,(H,16,17). The van der Waals surface area contributed by atoms with Crippen LogP contribution in [0.15, 0.2) is 6.20 Å². The van der Waals surface area contributed by atoms with E-state index in [2.05, 4.69) is 15.6 Å². The lowest BCUT2D eigenvalue weighted by molar-refractivity contribution is -0.139. The topological polar surface area (TPSA) is 100 Å². The Balaban J connectivity index is 2.01. The zero-order valence-electron chi connectivity index (χ0n) is 9.41.